The lowest BCUT2D eigenvalue weighted by molar-refractivity contribution is -0.191. The van der Waals surface area contributed by atoms with E-state index in [0.717, 1.165) is 10.9 Å². The fraction of sp³-hybridized carbons (Fsp3) is 0.413. The number of carboxylic acid groups (broad SMARTS) is 1. The number of hydrogen-bond donors (Lipinski definition) is 13. The Kier molecular flexibility index (Phi) is 26.5. The molecule has 14 N–H and O–H groups in total. The van der Waals surface area contributed by atoms with Gasteiger partial charge in [0.05, 0.1) is 59.3 Å². The van der Waals surface area contributed by atoms with Gasteiger partial charge in [0.1, 0.15) is 36.8 Å². The van der Waals surface area contributed by atoms with Gasteiger partial charge in [0.25, 0.3) is 15.6 Å². The van der Waals surface area contributed by atoms with Crippen LogP contribution in [0.4, 0.5) is 37.1 Å². The number of cyclic esters (lactones) is 1. The van der Waals surface area contributed by atoms with Gasteiger partial charge in [0.2, 0.25) is 41.0 Å². The molecule has 1 fully saturated rings. The summed E-state index contributed by atoms with van der Waals surface area (Å²) in [6.45, 7) is 13.3. The molecule has 0 radical (unpaired) electrons. The number of nitrogens with one attached hydrogen (secondary N) is 11. The number of hydrogen-bond acceptors (Lipinski definition) is 18. The summed E-state index contributed by atoms with van der Waals surface area (Å²) < 4.78 is 42.5. The number of likely N-dealkylation sites (tertiary alicyclic amines) is 1. The van der Waals surface area contributed by atoms with Crippen molar-refractivity contribution in [3.63, 3.8) is 0 Å². The van der Waals surface area contributed by atoms with Crippen molar-refractivity contribution >= 4 is 115 Å². The van der Waals surface area contributed by atoms with Crippen LogP contribution in [0, 0.1) is 17.8 Å². The molecule has 4 aromatic carbocycles. The van der Waals surface area contributed by atoms with Crippen LogP contribution in [0.5, 0.6) is 0 Å². The molecule has 6 aromatic rings. The van der Waals surface area contributed by atoms with Crippen molar-refractivity contribution in [1.82, 2.24) is 51.7 Å². The summed E-state index contributed by atoms with van der Waals surface area (Å²) in [5, 5.41) is 36.7. The van der Waals surface area contributed by atoms with E-state index in [1.54, 1.807) is 54.5 Å². The molecule has 0 bridgehead atoms. The minimum atomic E-state index is -4.23. The number of pyridine rings is 2. The zero-order valence-corrected chi connectivity index (χ0v) is 62.3. The molecule has 34 heteroatoms. The highest BCUT2D eigenvalue weighted by Crippen LogP contribution is 2.42. The first-order chi connectivity index (χ1) is 51.8. The molecule has 33 nitrogen and oxygen atoms in total. The Morgan fingerprint density at radius 2 is 1.36 bits per heavy atom. The SMILES string of the molecule is CCCNC(=O)Nc1cccc(S(=O)(=O)Nc2cccc(C(CC(=O)O)NC(=O)Nc3ccc(NC(=O)N4CCC[C@@H]4C(=O)N[C@@H](CC(C)C)C(=O)NCC(=O)N[C@H](CC(C)C)C(=O)N[C@H](CC(N)=O)C(=O)N[C@@H](C(=O)O[C@@]4(CC)C(=O)OCc5c4cc4n(c5=O)Cc5cc6ccccc6nc5-4)C(C)C)cc3)c2)c1. The Hall–Kier alpha value is -12.0. The van der Waals surface area contributed by atoms with Crippen molar-refractivity contribution in [3.8, 4) is 11.4 Å². The quantitative estimate of drug-likeness (QED) is 0.0226. The Labute approximate surface area is 628 Å². The lowest BCUT2D eigenvalue weighted by atomic mass is 9.85. The van der Waals surface area contributed by atoms with Gasteiger partial charge in [-0.3, -0.25) is 43.1 Å². The molecule has 0 spiro atoms. The van der Waals surface area contributed by atoms with E-state index in [1.807, 2.05) is 37.3 Å². The smallest absolute Gasteiger partial charge is 0.355 e. The zero-order valence-electron chi connectivity index (χ0n) is 61.5. The number of nitrogens with zero attached hydrogens (tertiary/aromatic N) is 3. The van der Waals surface area contributed by atoms with E-state index < -0.39 is 161 Å². The summed E-state index contributed by atoms with van der Waals surface area (Å²) in [6, 6.07) is 18.1. The predicted molar refractivity (Wildman–Crippen MR) is 400 cm³/mol. The van der Waals surface area contributed by atoms with Crippen LogP contribution in [-0.4, -0.2) is 149 Å². The average Bonchev–Trinajstić information content (AvgIpc) is 1.66. The molecule has 3 aliphatic heterocycles. The maximum atomic E-state index is 14.5. The number of fused-ring (bicyclic) bond motifs is 5. The van der Waals surface area contributed by atoms with E-state index in [4.69, 9.17) is 20.2 Å². The van der Waals surface area contributed by atoms with Crippen molar-refractivity contribution in [2.24, 2.45) is 23.5 Å². The molecule has 12 amide bonds. The van der Waals surface area contributed by atoms with E-state index >= 15 is 0 Å². The van der Waals surface area contributed by atoms with Gasteiger partial charge in [0, 0.05) is 52.4 Å². The fourth-order valence-corrected chi connectivity index (χ4v) is 14.1. The molecule has 5 heterocycles. The molecular formula is C75H91N15O18S. The molecule has 1 unspecified atom stereocenters. The summed E-state index contributed by atoms with van der Waals surface area (Å²) in [5.41, 5.74) is 6.45. The zero-order chi connectivity index (χ0) is 79.2. The second kappa shape index (κ2) is 35.6. The minimum Gasteiger partial charge on any atom is -0.481 e. The molecule has 2 aromatic heterocycles. The highest BCUT2D eigenvalue weighted by atomic mass is 32.2. The third kappa shape index (κ3) is 20.4. The first kappa shape index (κ1) is 81.1. The number of urea groups is 3. The molecular weight excluding hydrogens is 1430 g/mol. The van der Waals surface area contributed by atoms with Gasteiger partial charge in [-0.05, 0) is 135 Å². The molecule has 9 rings (SSSR count). The lowest BCUT2D eigenvalue weighted by Crippen LogP contribution is -2.59. The van der Waals surface area contributed by atoms with Gasteiger partial charge < -0.3 is 82.9 Å². The lowest BCUT2D eigenvalue weighted by Gasteiger charge is -2.37. The Balaban J connectivity index is 0.774. The number of aliphatic carboxylic acids is 1. The third-order valence-electron chi connectivity index (χ3n) is 18.4. The van der Waals surface area contributed by atoms with Crippen LogP contribution in [-0.2, 0) is 81.4 Å². The number of nitrogens with two attached hydrogens (primary N) is 1. The third-order valence-corrected chi connectivity index (χ3v) is 19.8. The van der Waals surface area contributed by atoms with Gasteiger partial charge in [0.15, 0.2) is 0 Å². The van der Waals surface area contributed by atoms with Crippen LogP contribution >= 0.6 is 0 Å². The number of primary amides is 1. The van der Waals surface area contributed by atoms with Crippen LogP contribution in [0.3, 0.4) is 0 Å². The average molecular weight is 1520 g/mol. The van der Waals surface area contributed by atoms with Crippen molar-refractivity contribution in [3.05, 3.63) is 142 Å². The van der Waals surface area contributed by atoms with Gasteiger partial charge in [-0.2, -0.15) is 0 Å². The van der Waals surface area contributed by atoms with Crippen LogP contribution in [0.25, 0.3) is 22.3 Å². The van der Waals surface area contributed by atoms with E-state index in [1.165, 1.54) is 82.3 Å². The maximum Gasteiger partial charge on any atom is 0.355 e. The first-order valence-electron chi connectivity index (χ1n) is 35.8. The molecule has 1 saturated heterocycles. The molecule has 7 atom stereocenters. The normalized spacial score (nSPS) is 16.3. The van der Waals surface area contributed by atoms with Crippen molar-refractivity contribution in [2.75, 3.05) is 40.3 Å². The number of esters is 2. The predicted octanol–water partition coefficient (Wildman–Crippen LogP) is 5.68. The van der Waals surface area contributed by atoms with Gasteiger partial charge in [-0.25, -0.2) is 37.4 Å². The molecule has 0 saturated carbocycles. The molecule has 3 aliphatic rings. The highest BCUT2D eigenvalue weighted by Gasteiger charge is 2.52. The number of benzene rings is 4. The largest absolute Gasteiger partial charge is 0.481 e. The van der Waals surface area contributed by atoms with Crippen molar-refractivity contribution in [2.45, 2.75) is 167 Å². The van der Waals surface area contributed by atoms with Crippen LogP contribution in [0.15, 0.2) is 119 Å². The second-order valence-electron chi connectivity index (χ2n) is 28.0. The standard InChI is InChI=1S/C75H91N15O18S/c1-9-27-77-72(102)80-48-18-14-20-50(33-48)109(105,106)88-49-19-13-17-44(32-49)54(36-62(93)94)86-73(103)79-46-23-25-47(26-24-46)81-74(104)89-28-15-22-58(89)68(98)85-55(29-40(3)4)65(95)78-37-61(92)82-56(30-41(5)6)66(96)84-57(35-60(76)91)67(97)87-63(42(7)8)70(100)108-75(10-2)52-34-59-64-45(31-43-16-11-12-21-53(43)83-64)38-90(59)69(99)51(52)39-107-71(75)101/h11-14,16-21,23-26,31-34,40-42,54-58,63,88H,9-10,15,22,27-30,35-39H2,1-8H3,(H2,76,91)(H,78,95)(H,81,104)(H,82,92)(H,84,96)(H,85,98)(H,87,97)(H,93,94)(H2,77,80,102)(H2,79,86,103)/t54?,55-,56+,57+,58+,63+,75+/m0/s1. The number of carboxylic acids is 1. The van der Waals surface area contributed by atoms with E-state index in [0.29, 0.717) is 36.3 Å². The van der Waals surface area contributed by atoms with Crippen molar-refractivity contribution in [1.29, 1.82) is 0 Å². The Morgan fingerprint density at radius 3 is 2.03 bits per heavy atom. The summed E-state index contributed by atoms with van der Waals surface area (Å²) >= 11 is 0. The van der Waals surface area contributed by atoms with Gasteiger partial charge >= 0.3 is 36.0 Å². The van der Waals surface area contributed by atoms with Crippen LogP contribution in [0.2, 0.25) is 0 Å². The number of para-hydroxylation sites is 1. The first-order valence-corrected chi connectivity index (χ1v) is 37.3. The van der Waals surface area contributed by atoms with Crippen LogP contribution in [0.1, 0.15) is 135 Å². The number of ether oxygens (including phenoxy) is 2. The molecule has 109 heavy (non-hydrogen) atoms. The van der Waals surface area contributed by atoms with E-state index in [-0.39, 0.29) is 94.9 Å². The number of carbonyl (C=O) groups is 12. The Bertz CT molecular complexity index is 4680. The minimum absolute atomic E-state index is 0.0191. The van der Waals surface area contributed by atoms with Crippen molar-refractivity contribution < 1.29 is 80.5 Å². The number of carbonyl (C=O) groups excluding carboxylic acids is 11. The number of sulfonamides is 1. The van der Waals surface area contributed by atoms with E-state index in [9.17, 15) is 75.9 Å². The summed E-state index contributed by atoms with van der Waals surface area (Å²) in [7, 11) is -4.23. The number of rotatable bonds is 32. The fourth-order valence-electron chi connectivity index (χ4n) is 13.0. The summed E-state index contributed by atoms with van der Waals surface area (Å²) in [6.07, 6.45) is -0.160. The summed E-state index contributed by atoms with van der Waals surface area (Å²) in [5.74, 6) is -9.88. The number of anilines is 4. The highest BCUT2D eigenvalue weighted by molar-refractivity contribution is 7.92. The maximum absolute atomic E-state index is 14.5. The monoisotopic (exact) mass is 1520 g/mol. The topological polar surface area (TPSA) is 474 Å². The molecule has 580 valence electrons. The van der Waals surface area contributed by atoms with Crippen LogP contribution < -0.4 is 69.2 Å². The Morgan fingerprint density at radius 1 is 0.697 bits per heavy atom. The second-order valence-corrected chi connectivity index (χ2v) is 29.7. The number of aromatic nitrogens is 2. The van der Waals surface area contributed by atoms with Gasteiger partial charge in [-0.15, -0.1) is 0 Å². The number of amides is 12. The summed E-state index contributed by atoms with van der Waals surface area (Å²) in [4.78, 5) is 183. The van der Waals surface area contributed by atoms with Gasteiger partial charge in [-0.1, -0.05) is 91.8 Å². The molecule has 0 aliphatic carbocycles. The van der Waals surface area contributed by atoms with E-state index in [2.05, 4.69) is 57.9 Å².